The molecule has 0 aliphatic carbocycles. The van der Waals surface area contributed by atoms with Crippen molar-refractivity contribution in [3.05, 3.63) is 17.5 Å². The first-order valence-electron chi connectivity index (χ1n) is 9.20. The molecule has 2 saturated heterocycles. The van der Waals surface area contributed by atoms with E-state index in [1.54, 1.807) is 6.07 Å². The van der Waals surface area contributed by atoms with Gasteiger partial charge in [-0.2, -0.15) is 0 Å². The van der Waals surface area contributed by atoms with Crippen molar-refractivity contribution in [2.75, 3.05) is 32.7 Å². The Hall–Kier alpha value is -1.89. The smallest absolute Gasteiger partial charge is 0.240 e. The van der Waals surface area contributed by atoms with Crippen LogP contribution in [0.5, 0.6) is 0 Å². The molecule has 0 aromatic carbocycles. The van der Waals surface area contributed by atoms with E-state index in [1.807, 2.05) is 16.7 Å². The Morgan fingerprint density at radius 2 is 2.00 bits per heavy atom. The Kier molecular flexibility index (Phi) is 5.42. The minimum Gasteiger partial charge on any atom is -0.361 e. The van der Waals surface area contributed by atoms with Gasteiger partial charge in [-0.3, -0.25) is 14.5 Å². The van der Waals surface area contributed by atoms with Crippen LogP contribution in [-0.4, -0.2) is 76.5 Å². The van der Waals surface area contributed by atoms with Crippen LogP contribution in [0, 0.1) is 6.92 Å². The molecule has 3 heterocycles. The second-order valence-electron chi connectivity index (χ2n) is 7.31. The van der Waals surface area contributed by atoms with Crippen molar-refractivity contribution in [1.82, 2.24) is 19.9 Å². The molecular formula is C18H28N4O3. The highest BCUT2D eigenvalue weighted by molar-refractivity contribution is 5.83. The van der Waals surface area contributed by atoms with E-state index < -0.39 is 0 Å². The van der Waals surface area contributed by atoms with E-state index in [4.69, 9.17) is 4.52 Å². The molecule has 0 unspecified atom stereocenters. The molecule has 138 valence electrons. The molecule has 0 radical (unpaired) electrons. The number of carbonyl (C=O) groups is 2. The van der Waals surface area contributed by atoms with Crippen LogP contribution in [0.25, 0.3) is 0 Å². The van der Waals surface area contributed by atoms with Gasteiger partial charge in [-0.25, -0.2) is 0 Å². The van der Waals surface area contributed by atoms with E-state index in [-0.39, 0.29) is 30.3 Å². The molecule has 2 amide bonds. The second-order valence-corrected chi connectivity index (χ2v) is 7.31. The van der Waals surface area contributed by atoms with Crippen molar-refractivity contribution >= 4 is 11.8 Å². The van der Waals surface area contributed by atoms with Crippen LogP contribution in [0.3, 0.4) is 0 Å². The molecule has 1 atom stereocenters. The standard InChI is InChI=1S/C18H28N4O3/c1-13(2)22-6-4-5-16(18(22)24)20-7-9-21(10-8-20)17(23)12-15-11-14(3)25-19-15/h11,13,16H,4-10,12H2,1-3H3/t16-/m1/s1. The molecule has 0 saturated carbocycles. The number of rotatable bonds is 4. The zero-order valence-electron chi connectivity index (χ0n) is 15.4. The molecule has 7 heteroatoms. The van der Waals surface area contributed by atoms with E-state index in [9.17, 15) is 9.59 Å². The maximum absolute atomic E-state index is 12.7. The predicted molar refractivity (Wildman–Crippen MR) is 93.0 cm³/mol. The van der Waals surface area contributed by atoms with Crippen molar-refractivity contribution in [2.45, 2.75) is 52.1 Å². The molecular weight excluding hydrogens is 320 g/mol. The first-order valence-corrected chi connectivity index (χ1v) is 9.20. The van der Waals surface area contributed by atoms with Gasteiger partial charge in [0.05, 0.1) is 18.2 Å². The first-order chi connectivity index (χ1) is 12.0. The number of piperidine rings is 1. The third-order valence-electron chi connectivity index (χ3n) is 5.18. The number of hydrogen-bond donors (Lipinski definition) is 0. The molecule has 3 rings (SSSR count). The van der Waals surface area contributed by atoms with Gasteiger partial charge in [0.25, 0.3) is 0 Å². The van der Waals surface area contributed by atoms with Gasteiger partial charge in [-0.15, -0.1) is 0 Å². The molecule has 1 aromatic rings. The molecule has 0 N–H and O–H groups in total. The Bertz CT molecular complexity index is 620. The molecule has 7 nitrogen and oxygen atoms in total. The predicted octanol–water partition coefficient (Wildman–Crippen LogP) is 1.07. The Morgan fingerprint density at radius 1 is 1.28 bits per heavy atom. The van der Waals surface area contributed by atoms with E-state index in [1.165, 1.54) is 0 Å². The average Bonchev–Trinajstić information content (AvgIpc) is 3.00. The normalized spacial score (nSPS) is 22.7. The number of nitrogens with zero attached hydrogens (tertiary/aromatic N) is 4. The molecule has 0 spiro atoms. The summed E-state index contributed by atoms with van der Waals surface area (Å²) in [5.74, 6) is 1.05. The highest BCUT2D eigenvalue weighted by Crippen LogP contribution is 2.21. The average molecular weight is 348 g/mol. The van der Waals surface area contributed by atoms with Crippen molar-refractivity contribution in [1.29, 1.82) is 0 Å². The van der Waals surface area contributed by atoms with Crippen LogP contribution < -0.4 is 0 Å². The fraction of sp³-hybridized carbons (Fsp3) is 0.722. The zero-order chi connectivity index (χ0) is 18.0. The zero-order valence-corrected chi connectivity index (χ0v) is 15.4. The number of carbonyl (C=O) groups excluding carboxylic acids is 2. The topological polar surface area (TPSA) is 69.9 Å². The van der Waals surface area contributed by atoms with Crippen molar-refractivity contribution < 1.29 is 14.1 Å². The van der Waals surface area contributed by atoms with Crippen molar-refractivity contribution in [3.8, 4) is 0 Å². The minimum atomic E-state index is -0.0217. The van der Waals surface area contributed by atoms with Gasteiger partial charge >= 0.3 is 0 Å². The van der Waals surface area contributed by atoms with E-state index in [2.05, 4.69) is 23.9 Å². The number of amides is 2. The number of aryl methyl sites for hydroxylation is 1. The molecule has 2 aliphatic rings. The summed E-state index contributed by atoms with van der Waals surface area (Å²) in [6.07, 6.45) is 2.26. The molecule has 2 fully saturated rings. The SMILES string of the molecule is Cc1cc(CC(=O)N2CCN([C@@H]3CCCN(C(C)C)C3=O)CC2)no1. The molecule has 1 aromatic heterocycles. The van der Waals surface area contributed by atoms with Crippen molar-refractivity contribution in [2.24, 2.45) is 0 Å². The van der Waals surface area contributed by atoms with Gasteiger partial charge < -0.3 is 14.3 Å². The highest BCUT2D eigenvalue weighted by Gasteiger charge is 2.36. The first kappa shape index (κ1) is 17.9. The van der Waals surface area contributed by atoms with Crippen molar-refractivity contribution in [3.63, 3.8) is 0 Å². The summed E-state index contributed by atoms with van der Waals surface area (Å²) in [6.45, 7) is 9.68. The maximum atomic E-state index is 12.7. The summed E-state index contributed by atoms with van der Waals surface area (Å²) >= 11 is 0. The highest BCUT2D eigenvalue weighted by atomic mass is 16.5. The Balaban J connectivity index is 1.53. The van der Waals surface area contributed by atoms with Gasteiger partial charge in [-0.05, 0) is 33.6 Å². The lowest BCUT2D eigenvalue weighted by molar-refractivity contribution is -0.143. The number of likely N-dealkylation sites (tertiary alicyclic amines) is 1. The largest absolute Gasteiger partial charge is 0.361 e. The van der Waals surface area contributed by atoms with Gasteiger partial charge in [-0.1, -0.05) is 5.16 Å². The quantitative estimate of drug-likeness (QED) is 0.814. The Morgan fingerprint density at radius 3 is 2.60 bits per heavy atom. The Labute approximate surface area is 148 Å². The lowest BCUT2D eigenvalue weighted by atomic mass is 10.0. The summed E-state index contributed by atoms with van der Waals surface area (Å²) in [5, 5.41) is 3.89. The van der Waals surface area contributed by atoms with Crippen LogP contribution in [0.1, 0.15) is 38.1 Å². The lowest BCUT2D eigenvalue weighted by Gasteiger charge is -2.43. The third kappa shape index (κ3) is 4.03. The number of aromatic nitrogens is 1. The van der Waals surface area contributed by atoms with Crippen LogP contribution in [0.2, 0.25) is 0 Å². The number of hydrogen-bond acceptors (Lipinski definition) is 5. The van der Waals surface area contributed by atoms with Gasteiger partial charge in [0, 0.05) is 44.8 Å². The van der Waals surface area contributed by atoms with Gasteiger partial charge in [0.2, 0.25) is 11.8 Å². The molecule has 2 aliphatic heterocycles. The van der Waals surface area contributed by atoms with Crippen LogP contribution in [0.15, 0.2) is 10.6 Å². The summed E-state index contributed by atoms with van der Waals surface area (Å²) < 4.78 is 5.02. The summed E-state index contributed by atoms with van der Waals surface area (Å²) in [6, 6.07) is 2.03. The summed E-state index contributed by atoms with van der Waals surface area (Å²) in [7, 11) is 0. The lowest BCUT2D eigenvalue weighted by Crippen LogP contribution is -2.59. The second kappa shape index (κ2) is 7.56. The van der Waals surface area contributed by atoms with Crippen LogP contribution in [-0.2, 0) is 16.0 Å². The van der Waals surface area contributed by atoms with E-state index >= 15 is 0 Å². The summed E-state index contributed by atoms with van der Waals surface area (Å²) in [4.78, 5) is 31.2. The third-order valence-corrected chi connectivity index (χ3v) is 5.18. The molecule has 0 bridgehead atoms. The fourth-order valence-corrected chi connectivity index (χ4v) is 3.78. The fourth-order valence-electron chi connectivity index (χ4n) is 3.78. The number of piperazine rings is 1. The van der Waals surface area contributed by atoms with E-state index in [0.29, 0.717) is 18.8 Å². The van der Waals surface area contributed by atoms with Gasteiger partial charge in [0.1, 0.15) is 5.76 Å². The monoisotopic (exact) mass is 348 g/mol. The van der Waals surface area contributed by atoms with Crippen LogP contribution >= 0.6 is 0 Å². The minimum absolute atomic E-state index is 0.0217. The van der Waals surface area contributed by atoms with E-state index in [0.717, 1.165) is 38.2 Å². The molecule has 25 heavy (non-hydrogen) atoms. The van der Waals surface area contributed by atoms with Crippen LogP contribution in [0.4, 0.5) is 0 Å². The summed E-state index contributed by atoms with van der Waals surface area (Å²) in [5.41, 5.74) is 0.681. The maximum Gasteiger partial charge on any atom is 0.240 e. The van der Waals surface area contributed by atoms with Gasteiger partial charge in [0.15, 0.2) is 0 Å².